The Morgan fingerprint density at radius 2 is 2.05 bits per heavy atom. The largest absolute Gasteiger partial charge is 0.493 e. The Bertz CT molecular complexity index is 513. The second-order valence-electron chi connectivity index (χ2n) is 4.82. The maximum Gasteiger partial charge on any atom is 0.306 e. The zero-order chi connectivity index (χ0) is 15.1. The Labute approximate surface area is 116 Å². The number of aromatic nitrogens is 2. The Kier molecular flexibility index (Phi) is 6.02. The number of nitrogens with two attached hydrogens (primary N) is 1. The van der Waals surface area contributed by atoms with Crippen molar-refractivity contribution in [2.24, 2.45) is 5.92 Å². The van der Waals surface area contributed by atoms with E-state index in [1.54, 1.807) is 0 Å². The quantitative estimate of drug-likeness (QED) is 0.568. The number of carboxylic acids is 1. The summed E-state index contributed by atoms with van der Waals surface area (Å²) in [6, 6.07) is 0. The normalized spacial score (nSPS) is 12.2. The highest BCUT2D eigenvalue weighted by Crippen LogP contribution is 2.18. The summed E-state index contributed by atoms with van der Waals surface area (Å²) in [5.74, 6) is -1.74. The number of unbranched alkanes of at least 4 members (excludes halogenated alkanes) is 1. The molecule has 0 aromatic carbocycles. The van der Waals surface area contributed by atoms with Crippen LogP contribution in [0.3, 0.4) is 0 Å². The molecule has 1 rings (SSSR count). The molecule has 1 unspecified atom stereocenters. The first-order valence-electron chi connectivity index (χ1n) is 6.76. The van der Waals surface area contributed by atoms with E-state index in [1.165, 1.54) is 0 Å². The van der Waals surface area contributed by atoms with E-state index in [4.69, 9.17) is 10.8 Å². The van der Waals surface area contributed by atoms with Gasteiger partial charge in [0.05, 0.1) is 11.5 Å². The zero-order valence-electron chi connectivity index (χ0n) is 11.6. The molecule has 0 amide bonds. The van der Waals surface area contributed by atoms with Gasteiger partial charge in [0.1, 0.15) is 0 Å². The maximum atomic E-state index is 11.6. The summed E-state index contributed by atoms with van der Waals surface area (Å²) in [4.78, 5) is 28.6. The van der Waals surface area contributed by atoms with Crippen LogP contribution in [-0.4, -0.2) is 26.2 Å². The summed E-state index contributed by atoms with van der Waals surface area (Å²) in [5, 5.41) is 18.7. The van der Waals surface area contributed by atoms with Crippen molar-refractivity contribution in [1.29, 1.82) is 0 Å². The van der Waals surface area contributed by atoms with Crippen molar-refractivity contribution in [1.82, 2.24) is 9.97 Å². The fourth-order valence-corrected chi connectivity index (χ4v) is 2.10. The van der Waals surface area contributed by atoms with E-state index in [0.717, 1.165) is 12.8 Å². The number of carbonyl (C=O) groups is 1. The average molecular weight is 283 g/mol. The first-order valence-corrected chi connectivity index (χ1v) is 6.76. The van der Waals surface area contributed by atoms with Crippen molar-refractivity contribution >= 4 is 11.9 Å². The molecular formula is C13H21N3O4. The van der Waals surface area contributed by atoms with E-state index >= 15 is 0 Å². The number of aliphatic carboxylic acids is 1. The van der Waals surface area contributed by atoms with E-state index in [0.29, 0.717) is 19.3 Å². The molecule has 0 saturated carbocycles. The van der Waals surface area contributed by atoms with Gasteiger partial charge >= 0.3 is 5.97 Å². The number of aromatic hydroxyl groups is 1. The third-order valence-electron chi connectivity index (χ3n) is 3.25. The number of hydrogen-bond acceptors (Lipinski definition) is 5. The molecule has 1 heterocycles. The Morgan fingerprint density at radius 1 is 1.40 bits per heavy atom. The van der Waals surface area contributed by atoms with Crippen molar-refractivity contribution in [2.45, 2.75) is 45.4 Å². The second-order valence-corrected chi connectivity index (χ2v) is 4.82. The molecule has 1 atom stereocenters. The minimum atomic E-state index is -0.813. The van der Waals surface area contributed by atoms with Gasteiger partial charge < -0.3 is 15.9 Å². The monoisotopic (exact) mass is 283 g/mol. The number of nitrogens with one attached hydrogen (secondary N) is 1. The third-order valence-corrected chi connectivity index (χ3v) is 3.25. The number of rotatable bonds is 8. The van der Waals surface area contributed by atoms with Crippen LogP contribution in [0.2, 0.25) is 0 Å². The molecule has 20 heavy (non-hydrogen) atoms. The van der Waals surface area contributed by atoms with Crippen LogP contribution in [0.5, 0.6) is 5.88 Å². The SMILES string of the molecule is CCCCC(CCCc1c(O)nc(N)[nH]c1=O)C(=O)O. The molecule has 0 radical (unpaired) electrons. The molecule has 0 spiro atoms. The van der Waals surface area contributed by atoms with Crippen molar-refractivity contribution in [3.05, 3.63) is 15.9 Å². The Morgan fingerprint density at radius 3 is 2.60 bits per heavy atom. The third kappa shape index (κ3) is 4.56. The van der Waals surface area contributed by atoms with Crippen LogP contribution in [0.15, 0.2) is 4.79 Å². The summed E-state index contributed by atoms with van der Waals surface area (Å²) in [7, 11) is 0. The molecule has 1 aromatic heterocycles. The molecule has 5 N–H and O–H groups in total. The smallest absolute Gasteiger partial charge is 0.306 e. The first kappa shape index (κ1) is 16.0. The maximum absolute atomic E-state index is 11.6. The lowest BCUT2D eigenvalue weighted by Gasteiger charge is -2.11. The fourth-order valence-electron chi connectivity index (χ4n) is 2.10. The van der Waals surface area contributed by atoms with E-state index in [9.17, 15) is 14.7 Å². The number of nitrogen functional groups attached to an aromatic ring is 1. The standard InChI is InChI=1S/C13H21N3O4/c1-2-3-5-8(12(19)20)6-4-7-9-10(17)15-13(14)16-11(9)18/h8H,2-7H2,1H3,(H,19,20)(H4,14,15,16,17,18). The zero-order valence-corrected chi connectivity index (χ0v) is 11.6. The number of nitrogens with zero attached hydrogens (tertiary/aromatic N) is 1. The van der Waals surface area contributed by atoms with Crippen LogP contribution in [0.25, 0.3) is 0 Å². The first-order chi connectivity index (χ1) is 9.45. The minimum Gasteiger partial charge on any atom is -0.493 e. The molecule has 0 aliphatic heterocycles. The minimum absolute atomic E-state index is 0.136. The summed E-state index contributed by atoms with van der Waals surface area (Å²) in [5.41, 5.74) is 4.97. The van der Waals surface area contributed by atoms with Gasteiger partial charge in [-0.25, -0.2) is 0 Å². The number of anilines is 1. The molecule has 7 nitrogen and oxygen atoms in total. The van der Waals surface area contributed by atoms with Gasteiger partial charge in [0.2, 0.25) is 11.8 Å². The molecule has 1 aromatic rings. The van der Waals surface area contributed by atoms with Crippen molar-refractivity contribution in [2.75, 3.05) is 5.73 Å². The lowest BCUT2D eigenvalue weighted by atomic mass is 9.95. The number of aromatic amines is 1. The summed E-state index contributed by atoms with van der Waals surface area (Å²) >= 11 is 0. The number of hydrogen-bond donors (Lipinski definition) is 4. The van der Waals surface area contributed by atoms with Gasteiger partial charge in [-0.05, 0) is 25.7 Å². The van der Waals surface area contributed by atoms with Crippen LogP contribution in [0, 0.1) is 5.92 Å². The van der Waals surface area contributed by atoms with E-state index < -0.39 is 17.4 Å². The summed E-state index contributed by atoms with van der Waals surface area (Å²) in [6.45, 7) is 2.01. The van der Waals surface area contributed by atoms with Crippen molar-refractivity contribution in [3.8, 4) is 5.88 Å². The van der Waals surface area contributed by atoms with E-state index in [2.05, 4.69) is 9.97 Å². The van der Waals surface area contributed by atoms with Crippen LogP contribution in [0.4, 0.5) is 5.95 Å². The average Bonchev–Trinajstić information content (AvgIpc) is 2.35. The molecule has 112 valence electrons. The second kappa shape index (κ2) is 7.52. The molecule has 0 aliphatic carbocycles. The number of carboxylic acid groups (broad SMARTS) is 1. The van der Waals surface area contributed by atoms with Crippen LogP contribution in [-0.2, 0) is 11.2 Å². The fraction of sp³-hybridized carbons (Fsp3) is 0.615. The van der Waals surface area contributed by atoms with Gasteiger partial charge in [0.25, 0.3) is 5.56 Å². The molecule has 0 fully saturated rings. The van der Waals surface area contributed by atoms with Gasteiger partial charge in [-0.15, -0.1) is 0 Å². The topological polar surface area (TPSA) is 129 Å². The van der Waals surface area contributed by atoms with Crippen LogP contribution < -0.4 is 11.3 Å². The van der Waals surface area contributed by atoms with Gasteiger partial charge in [0.15, 0.2) is 0 Å². The Balaban J connectivity index is 2.59. The predicted molar refractivity (Wildman–Crippen MR) is 74.5 cm³/mol. The predicted octanol–water partition coefficient (Wildman–Crippen LogP) is 1.27. The van der Waals surface area contributed by atoms with Gasteiger partial charge in [-0.1, -0.05) is 19.8 Å². The molecule has 0 saturated heterocycles. The van der Waals surface area contributed by atoms with Crippen LogP contribution in [0.1, 0.15) is 44.6 Å². The van der Waals surface area contributed by atoms with Crippen molar-refractivity contribution < 1.29 is 15.0 Å². The Hall–Kier alpha value is -2.05. The summed E-state index contributed by atoms with van der Waals surface area (Å²) in [6.07, 6.45) is 3.71. The van der Waals surface area contributed by atoms with Crippen LogP contribution >= 0.6 is 0 Å². The van der Waals surface area contributed by atoms with E-state index in [-0.39, 0.29) is 23.8 Å². The highest BCUT2D eigenvalue weighted by molar-refractivity contribution is 5.69. The lowest BCUT2D eigenvalue weighted by molar-refractivity contribution is -0.142. The summed E-state index contributed by atoms with van der Waals surface area (Å²) < 4.78 is 0. The highest BCUT2D eigenvalue weighted by atomic mass is 16.4. The van der Waals surface area contributed by atoms with Crippen molar-refractivity contribution in [3.63, 3.8) is 0 Å². The molecule has 7 heteroatoms. The molecule has 0 aliphatic rings. The lowest BCUT2D eigenvalue weighted by Crippen LogP contribution is -2.18. The van der Waals surface area contributed by atoms with Gasteiger partial charge in [0, 0.05) is 0 Å². The number of H-pyrrole nitrogens is 1. The van der Waals surface area contributed by atoms with Gasteiger partial charge in [-0.2, -0.15) is 4.98 Å². The van der Waals surface area contributed by atoms with E-state index in [1.807, 2.05) is 6.92 Å². The molecular weight excluding hydrogens is 262 g/mol. The van der Waals surface area contributed by atoms with Gasteiger partial charge in [-0.3, -0.25) is 14.6 Å². The highest BCUT2D eigenvalue weighted by Gasteiger charge is 2.17. The molecule has 0 bridgehead atoms.